The maximum Gasteiger partial charge on any atom is 0.152 e. The second-order valence-electron chi connectivity index (χ2n) is 5.34. The lowest BCUT2D eigenvalue weighted by Gasteiger charge is -2.35. The summed E-state index contributed by atoms with van der Waals surface area (Å²) >= 11 is 3.51. The van der Waals surface area contributed by atoms with Gasteiger partial charge < -0.3 is 4.90 Å². The van der Waals surface area contributed by atoms with Crippen LogP contribution in [0.4, 0.5) is 5.69 Å². The van der Waals surface area contributed by atoms with Gasteiger partial charge >= 0.3 is 0 Å². The van der Waals surface area contributed by atoms with Crippen LogP contribution in [0.1, 0.15) is 50.9 Å². The molecule has 0 aliphatic heterocycles. The number of hydrogen-bond donors (Lipinski definition) is 0. The lowest BCUT2D eigenvalue weighted by Crippen LogP contribution is -2.38. The largest absolute Gasteiger partial charge is 0.368 e. The van der Waals surface area contributed by atoms with Gasteiger partial charge in [-0.05, 0) is 37.0 Å². The second kappa shape index (κ2) is 7.68. The first-order valence-corrected chi connectivity index (χ1v) is 7.84. The molecule has 0 amide bonds. The third-order valence-electron chi connectivity index (χ3n) is 3.37. The first-order valence-electron chi connectivity index (χ1n) is 7.04. The minimum atomic E-state index is 0.482. The van der Waals surface area contributed by atoms with Crippen LogP contribution in [-0.2, 0) is 0 Å². The number of hydrogen-bond acceptors (Lipinski definition) is 2. The lowest BCUT2D eigenvalue weighted by molar-refractivity contribution is 0.112. The minimum absolute atomic E-state index is 0.482. The summed E-state index contributed by atoms with van der Waals surface area (Å²) in [4.78, 5) is 13.7. The van der Waals surface area contributed by atoms with E-state index >= 15 is 0 Å². The van der Waals surface area contributed by atoms with Crippen molar-refractivity contribution >= 4 is 27.9 Å². The van der Waals surface area contributed by atoms with Gasteiger partial charge in [0.15, 0.2) is 6.29 Å². The summed E-state index contributed by atoms with van der Waals surface area (Å²) in [6.45, 7) is 9.83. The van der Waals surface area contributed by atoms with Gasteiger partial charge in [0.1, 0.15) is 0 Å². The van der Waals surface area contributed by atoms with E-state index in [1.807, 2.05) is 12.1 Å². The van der Waals surface area contributed by atoms with Gasteiger partial charge in [0.05, 0.1) is 0 Å². The molecule has 0 unspecified atom stereocenters. The molecular weight excluding hydrogens is 302 g/mol. The highest BCUT2D eigenvalue weighted by Gasteiger charge is 2.19. The number of carbonyl (C=O) groups is 1. The van der Waals surface area contributed by atoms with Crippen molar-refractivity contribution in [3.63, 3.8) is 0 Å². The van der Waals surface area contributed by atoms with E-state index in [0.29, 0.717) is 12.0 Å². The fourth-order valence-corrected chi connectivity index (χ4v) is 2.78. The Morgan fingerprint density at radius 1 is 1.26 bits per heavy atom. The molecule has 0 atom stereocenters. The van der Waals surface area contributed by atoms with Crippen molar-refractivity contribution in [2.75, 3.05) is 11.4 Å². The van der Waals surface area contributed by atoms with Crippen LogP contribution in [0.25, 0.3) is 0 Å². The second-order valence-corrected chi connectivity index (χ2v) is 6.25. The maximum atomic E-state index is 11.3. The van der Waals surface area contributed by atoms with Crippen LogP contribution in [0.5, 0.6) is 0 Å². The number of aldehydes is 1. The fraction of sp³-hybridized carbons (Fsp3) is 0.562. The Labute approximate surface area is 125 Å². The van der Waals surface area contributed by atoms with Crippen LogP contribution in [0.3, 0.4) is 0 Å². The Kier molecular flexibility index (Phi) is 6.56. The minimum Gasteiger partial charge on any atom is -0.368 e. The average Bonchev–Trinajstić information content (AvgIpc) is 2.38. The zero-order chi connectivity index (χ0) is 14.4. The van der Waals surface area contributed by atoms with Gasteiger partial charge in [0.2, 0.25) is 0 Å². The van der Waals surface area contributed by atoms with Crippen LogP contribution in [0.15, 0.2) is 22.7 Å². The highest BCUT2D eigenvalue weighted by Crippen LogP contribution is 2.28. The quantitative estimate of drug-likeness (QED) is 0.663. The zero-order valence-corrected chi connectivity index (χ0v) is 13.9. The molecule has 0 aliphatic carbocycles. The van der Waals surface area contributed by atoms with Gasteiger partial charge in [0.25, 0.3) is 0 Å². The third kappa shape index (κ3) is 4.34. The number of nitrogens with zero attached hydrogens (tertiary/aromatic N) is 1. The molecule has 2 nitrogen and oxygen atoms in total. The van der Waals surface area contributed by atoms with Crippen LogP contribution in [-0.4, -0.2) is 18.9 Å². The van der Waals surface area contributed by atoms with E-state index in [0.717, 1.165) is 41.4 Å². The number of rotatable bonds is 7. The van der Waals surface area contributed by atoms with Gasteiger partial charge in [-0.15, -0.1) is 0 Å². The zero-order valence-electron chi connectivity index (χ0n) is 12.3. The lowest BCUT2D eigenvalue weighted by atomic mass is 10.0. The summed E-state index contributed by atoms with van der Waals surface area (Å²) in [6, 6.07) is 6.36. The summed E-state index contributed by atoms with van der Waals surface area (Å²) in [7, 11) is 0. The highest BCUT2D eigenvalue weighted by atomic mass is 79.9. The van der Waals surface area contributed by atoms with Gasteiger partial charge in [-0.1, -0.05) is 43.6 Å². The molecule has 0 saturated carbocycles. The molecule has 0 heterocycles. The molecule has 1 aromatic carbocycles. The molecule has 0 bridgehead atoms. The molecule has 0 aliphatic rings. The van der Waals surface area contributed by atoms with E-state index in [1.165, 1.54) is 0 Å². The van der Waals surface area contributed by atoms with Crippen LogP contribution in [0.2, 0.25) is 0 Å². The van der Waals surface area contributed by atoms with Crippen molar-refractivity contribution in [2.24, 2.45) is 5.92 Å². The number of carbonyl (C=O) groups excluding carboxylic acids is 1. The normalized spacial score (nSPS) is 11.1. The molecule has 0 aromatic heterocycles. The molecule has 1 rings (SSSR count). The molecule has 106 valence electrons. The van der Waals surface area contributed by atoms with E-state index in [1.54, 1.807) is 0 Å². The Balaban J connectivity index is 3.22. The van der Waals surface area contributed by atoms with E-state index in [4.69, 9.17) is 0 Å². The predicted octanol–water partition coefficient (Wildman–Crippen LogP) is 4.91. The van der Waals surface area contributed by atoms with Crippen molar-refractivity contribution in [1.82, 2.24) is 0 Å². The first kappa shape index (κ1) is 16.2. The Hall–Kier alpha value is -0.830. The maximum absolute atomic E-state index is 11.3. The number of halogens is 1. The number of anilines is 1. The molecule has 1 aromatic rings. The average molecular weight is 326 g/mol. The third-order valence-corrected chi connectivity index (χ3v) is 3.87. The van der Waals surface area contributed by atoms with Crippen molar-refractivity contribution in [1.29, 1.82) is 0 Å². The van der Waals surface area contributed by atoms with E-state index < -0.39 is 0 Å². The number of benzene rings is 1. The highest BCUT2D eigenvalue weighted by molar-refractivity contribution is 9.10. The van der Waals surface area contributed by atoms with Gasteiger partial charge in [-0.3, -0.25) is 4.79 Å². The molecule has 0 N–H and O–H groups in total. The summed E-state index contributed by atoms with van der Waals surface area (Å²) in [6.07, 6.45) is 3.14. The van der Waals surface area contributed by atoms with E-state index in [2.05, 4.69) is 54.6 Å². The van der Waals surface area contributed by atoms with Gasteiger partial charge in [0, 0.05) is 28.3 Å². The van der Waals surface area contributed by atoms with E-state index in [9.17, 15) is 4.79 Å². The monoisotopic (exact) mass is 325 g/mol. The first-order chi connectivity index (χ1) is 9.03. The summed E-state index contributed by atoms with van der Waals surface area (Å²) in [5, 5.41) is 0. The van der Waals surface area contributed by atoms with E-state index in [-0.39, 0.29) is 0 Å². The van der Waals surface area contributed by atoms with Crippen molar-refractivity contribution in [2.45, 2.75) is 46.6 Å². The summed E-state index contributed by atoms with van der Waals surface area (Å²) in [5.74, 6) is 0.569. The smallest absolute Gasteiger partial charge is 0.152 e. The Morgan fingerprint density at radius 2 is 1.89 bits per heavy atom. The van der Waals surface area contributed by atoms with Crippen molar-refractivity contribution in [3.05, 3.63) is 28.2 Å². The summed E-state index contributed by atoms with van der Waals surface area (Å²) < 4.78 is 1.02. The van der Waals surface area contributed by atoms with Crippen molar-refractivity contribution < 1.29 is 4.79 Å². The molecule has 0 saturated heterocycles. The van der Waals surface area contributed by atoms with Gasteiger partial charge in [-0.2, -0.15) is 0 Å². The van der Waals surface area contributed by atoms with Gasteiger partial charge in [-0.25, -0.2) is 0 Å². The molecule has 0 fully saturated rings. The molecule has 19 heavy (non-hydrogen) atoms. The Morgan fingerprint density at radius 3 is 2.37 bits per heavy atom. The van der Waals surface area contributed by atoms with Crippen LogP contribution >= 0.6 is 15.9 Å². The SMILES string of the molecule is CCC(CC)N(CC(C)C)c1cc(Br)ccc1C=O. The van der Waals surface area contributed by atoms with Crippen LogP contribution < -0.4 is 4.90 Å². The predicted molar refractivity (Wildman–Crippen MR) is 86.1 cm³/mol. The molecule has 3 heteroatoms. The Bertz CT molecular complexity index is 413. The molecular formula is C16H24BrNO. The molecule has 0 spiro atoms. The fourth-order valence-electron chi connectivity index (χ4n) is 2.43. The van der Waals surface area contributed by atoms with Crippen molar-refractivity contribution in [3.8, 4) is 0 Å². The standard InChI is InChI=1S/C16H24BrNO/c1-5-15(6-2)18(10-12(3)4)16-9-14(17)8-7-13(16)11-19/h7-9,11-12,15H,5-6,10H2,1-4H3. The molecule has 0 radical (unpaired) electrons. The topological polar surface area (TPSA) is 20.3 Å². The van der Waals surface area contributed by atoms with Crippen LogP contribution in [0, 0.1) is 5.92 Å². The summed E-state index contributed by atoms with van der Waals surface area (Å²) in [5.41, 5.74) is 1.82.